The minimum absolute atomic E-state index is 0.112. The van der Waals surface area contributed by atoms with Crippen molar-refractivity contribution in [3.63, 3.8) is 0 Å². The van der Waals surface area contributed by atoms with E-state index in [4.69, 9.17) is 11.6 Å². The molecule has 2 rings (SSSR count). The quantitative estimate of drug-likeness (QED) is 0.547. The number of hydrogen-bond donors (Lipinski definition) is 1. The van der Waals surface area contributed by atoms with Gasteiger partial charge >= 0.3 is 0 Å². The van der Waals surface area contributed by atoms with Crippen molar-refractivity contribution in [3.8, 4) is 0 Å². The fraction of sp³-hybridized carbons (Fsp3) is 0.417. The molecule has 180 valence electrons. The van der Waals surface area contributed by atoms with Crippen LogP contribution >= 0.6 is 11.6 Å². The van der Waals surface area contributed by atoms with Gasteiger partial charge in [-0.15, -0.1) is 0 Å². The number of nitrogens with one attached hydrogen (secondary N) is 1. The molecule has 0 spiro atoms. The zero-order chi connectivity index (χ0) is 24.8. The second-order valence-corrected chi connectivity index (χ2v) is 10.9. The number of nitrogens with zero attached hydrogens (tertiary/aromatic N) is 2. The fourth-order valence-corrected chi connectivity index (χ4v) is 4.25. The smallest absolute Gasteiger partial charge is 0.244 e. The maximum absolute atomic E-state index is 13.4. The van der Waals surface area contributed by atoms with Crippen LogP contribution in [0.5, 0.6) is 0 Å². The standard InChI is InChI=1S/C24H32ClN3O4S/c1-17(2)14-26-24(30)19(4)27(15-20-7-6-8-21(25)13-20)23(29)16-28(33(5,31)32)22-11-9-18(3)10-12-22/h6-13,17,19H,14-16H2,1-5H3,(H,26,30)/t19-/m0/s1. The summed E-state index contributed by atoms with van der Waals surface area (Å²) in [6, 6.07) is 13.1. The van der Waals surface area contributed by atoms with Crippen molar-refractivity contribution < 1.29 is 18.0 Å². The Balaban J connectivity index is 2.35. The van der Waals surface area contributed by atoms with Crippen LogP contribution < -0.4 is 9.62 Å². The first-order valence-electron chi connectivity index (χ1n) is 10.7. The molecule has 0 radical (unpaired) electrons. The van der Waals surface area contributed by atoms with Crippen molar-refractivity contribution in [1.29, 1.82) is 0 Å². The number of anilines is 1. The molecular weight excluding hydrogens is 462 g/mol. The van der Waals surface area contributed by atoms with Crippen molar-refractivity contribution in [2.45, 2.75) is 40.3 Å². The second-order valence-electron chi connectivity index (χ2n) is 8.57. The van der Waals surface area contributed by atoms with Gasteiger partial charge < -0.3 is 10.2 Å². The Kier molecular flexibility index (Phi) is 9.31. The molecule has 0 fully saturated rings. The van der Waals surface area contributed by atoms with E-state index in [0.717, 1.165) is 21.7 Å². The van der Waals surface area contributed by atoms with Gasteiger partial charge in [0.05, 0.1) is 11.9 Å². The van der Waals surface area contributed by atoms with E-state index in [1.807, 2.05) is 20.8 Å². The number of benzene rings is 2. The summed E-state index contributed by atoms with van der Waals surface area (Å²) in [6.45, 7) is 7.64. The first-order valence-corrected chi connectivity index (χ1v) is 13.0. The molecule has 1 N–H and O–H groups in total. The highest BCUT2D eigenvalue weighted by Crippen LogP contribution is 2.20. The summed E-state index contributed by atoms with van der Waals surface area (Å²) >= 11 is 6.10. The lowest BCUT2D eigenvalue weighted by molar-refractivity contribution is -0.139. The van der Waals surface area contributed by atoms with E-state index in [9.17, 15) is 18.0 Å². The molecule has 2 aromatic rings. The molecule has 33 heavy (non-hydrogen) atoms. The minimum atomic E-state index is -3.74. The lowest BCUT2D eigenvalue weighted by Crippen LogP contribution is -2.51. The monoisotopic (exact) mass is 493 g/mol. The Hall–Kier alpha value is -2.58. The molecule has 2 aromatic carbocycles. The maximum atomic E-state index is 13.4. The Morgan fingerprint density at radius 1 is 1.06 bits per heavy atom. The summed E-state index contributed by atoms with van der Waals surface area (Å²) in [7, 11) is -3.74. The number of hydrogen-bond acceptors (Lipinski definition) is 4. The van der Waals surface area contributed by atoms with Crippen molar-refractivity contribution in [2.24, 2.45) is 5.92 Å². The van der Waals surface area contributed by atoms with E-state index in [1.165, 1.54) is 4.90 Å². The molecule has 0 aliphatic heterocycles. The van der Waals surface area contributed by atoms with E-state index in [-0.39, 0.29) is 18.4 Å². The van der Waals surface area contributed by atoms with Crippen LogP contribution in [-0.4, -0.2) is 50.5 Å². The van der Waals surface area contributed by atoms with Crippen LogP contribution in [0.15, 0.2) is 48.5 Å². The average Bonchev–Trinajstić information content (AvgIpc) is 2.73. The largest absolute Gasteiger partial charge is 0.354 e. The number of halogens is 1. The molecule has 0 aliphatic rings. The van der Waals surface area contributed by atoms with Crippen molar-refractivity contribution >= 4 is 39.1 Å². The minimum Gasteiger partial charge on any atom is -0.354 e. The molecule has 1 atom stereocenters. The van der Waals surface area contributed by atoms with E-state index in [1.54, 1.807) is 55.5 Å². The summed E-state index contributed by atoms with van der Waals surface area (Å²) in [5.74, 6) is -0.547. The summed E-state index contributed by atoms with van der Waals surface area (Å²) in [6.07, 6.45) is 1.06. The number of carbonyl (C=O) groups excluding carboxylic acids is 2. The first-order chi connectivity index (χ1) is 15.4. The molecule has 0 aromatic heterocycles. The van der Waals surface area contributed by atoms with Crippen molar-refractivity contribution in [2.75, 3.05) is 23.7 Å². The van der Waals surface area contributed by atoms with Crippen LogP contribution in [0.4, 0.5) is 5.69 Å². The Morgan fingerprint density at radius 3 is 2.24 bits per heavy atom. The van der Waals surface area contributed by atoms with Gasteiger partial charge in [-0.3, -0.25) is 13.9 Å². The molecule has 0 aliphatic carbocycles. The van der Waals surface area contributed by atoms with Crippen molar-refractivity contribution in [1.82, 2.24) is 10.2 Å². The normalized spacial score (nSPS) is 12.3. The van der Waals surface area contributed by atoms with Crippen LogP contribution in [0.2, 0.25) is 5.02 Å². The van der Waals surface area contributed by atoms with Crippen LogP contribution in [-0.2, 0) is 26.2 Å². The van der Waals surface area contributed by atoms with Crippen LogP contribution in [0.1, 0.15) is 31.9 Å². The fourth-order valence-electron chi connectivity index (χ4n) is 3.19. The van der Waals surface area contributed by atoms with Gasteiger partial charge in [-0.05, 0) is 49.6 Å². The predicted molar refractivity (Wildman–Crippen MR) is 133 cm³/mol. The van der Waals surface area contributed by atoms with Gasteiger partial charge in [0.25, 0.3) is 0 Å². The SMILES string of the molecule is Cc1ccc(N(CC(=O)N(Cc2cccc(Cl)c2)[C@@H](C)C(=O)NCC(C)C)S(C)(=O)=O)cc1. The topological polar surface area (TPSA) is 86.8 Å². The Morgan fingerprint density at radius 2 is 1.70 bits per heavy atom. The second kappa shape index (κ2) is 11.5. The zero-order valence-corrected chi connectivity index (χ0v) is 21.3. The molecule has 0 heterocycles. The third-order valence-corrected chi connectivity index (χ3v) is 6.47. The molecule has 2 amide bonds. The van der Waals surface area contributed by atoms with Gasteiger partial charge in [0.1, 0.15) is 12.6 Å². The lowest BCUT2D eigenvalue weighted by Gasteiger charge is -2.31. The van der Waals surface area contributed by atoms with Gasteiger partial charge in [0.15, 0.2) is 0 Å². The molecule has 0 saturated carbocycles. The Labute approximate surface area is 201 Å². The number of amides is 2. The highest BCUT2D eigenvalue weighted by atomic mass is 35.5. The van der Waals surface area contributed by atoms with Crippen molar-refractivity contribution in [3.05, 3.63) is 64.7 Å². The van der Waals surface area contributed by atoms with Gasteiger partial charge in [-0.2, -0.15) is 0 Å². The van der Waals surface area contributed by atoms with Gasteiger partial charge in [-0.25, -0.2) is 8.42 Å². The molecule has 7 nitrogen and oxygen atoms in total. The van der Waals surface area contributed by atoms with Gasteiger partial charge in [0, 0.05) is 18.1 Å². The third kappa shape index (κ3) is 8.05. The van der Waals surface area contributed by atoms with E-state index >= 15 is 0 Å². The highest BCUT2D eigenvalue weighted by Gasteiger charge is 2.30. The third-order valence-electron chi connectivity index (χ3n) is 5.09. The van der Waals surface area contributed by atoms with Gasteiger partial charge in [0.2, 0.25) is 21.8 Å². The van der Waals surface area contributed by atoms with E-state index in [2.05, 4.69) is 5.32 Å². The number of aryl methyl sites for hydroxylation is 1. The molecule has 0 saturated heterocycles. The molecule has 0 bridgehead atoms. The highest BCUT2D eigenvalue weighted by molar-refractivity contribution is 7.92. The maximum Gasteiger partial charge on any atom is 0.244 e. The summed E-state index contributed by atoms with van der Waals surface area (Å²) in [5.41, 5.74) is 2.09. The van der Waals surface area contributed by atoms with E-state index in [0.29, 0.717) is 17.3 Å². The predicted octanol–water partition coefficient (Wildman–Crippen LogP) is 3.60. The summed E-state index contributed by atoms with van der Waals surface area (Å²) in [5, 5.41) is 3.35. The number of carbonyl (C=O) groups is 2. The average molecular weight is 494 g/mol. The Bertz CT molecular complexity index is 1070. The first kappa shape index (κ1) is 26.7. The zero-order valence-electron chi connectivity index (χ0n) is 19.7. The van der Waals surface area contributed by atoms with Crippen LogP contribution in [0.3, 0.4) is 0 Å². The summed E-state index contributed by atoms with van der Waals surface area (Å²) in [4.78, 5) is 27.6. The molecule has 9 heteroatoms. The number of sulfonamides is 1. The van der Waals surface area contributed by atoms with Gasteiger partial charge in [-0.1, -0.05) is 55.3 Å². The molecule has 0 unspecified atom stereocenters. The summed E-state index contributed by atoms with van der Waals surface area (Å²) < 4.78 is 26.1. The lowest BCUT2D eigenvalue weighted by atomic mass is 10.1. The van der Waals surface area contributed by atoms with Crippen LogP contribution in [0.25, 0.3) is 0 Å². The number of rotatable bonds is 10. The van der Waals surface area contributed by atoms with Crippen LogP contribution in [0, 0.1) is 12.8 Å². The van der Waals surface area contributed by atoms with E-state index < -0.39 is 28.5 Å². The molecular formula is C24H32ClN3O4S.